The number of imide groups is 1. The highest BCUT2D eigenvalue weighted by Crippen LogP contribution is 2.48. The van der Waals surface area contributed by atoms with Crippen LogP contribution in [0.5, 0.6) is 0 Å². The van der Waals surface area contributed by atoms with Crippen LogP contribution in [0, 0.1) is 29.0 Å². The number of anilines is 1. The summed E-state index contributed by atoms with van der Waals surface area (Å²) in [4.78, 5) is 32.1. The number of nitrogens with zero attached hydrogens (tertiary/aromatic N) is 4. The highest BCUT2D eigenvalue weighted by molar-refractivity contribution is 6.21. The highest BCUT2D eigenvalue weighted by Gasteiger charge is 2.49. The van der Waals surface area contributed by atoms with Gasteiger partial charge in [-0.3, -0.25) is 19.4 Å². The molecule has 2 saturated carbocycles. The van der Waals surface area contributed by atoms with Gasteiger partial charge in [0.2, 0.25) is 0 Å². The number of carbonyl (C=O) groups excluding carboxylic acids is 2. The van der Waals surface area contributed by atoms with Crippen LogP contribution in [0.25, 0.3) is 0 Å². The van der Waals surface area contributed by atoms with Crippen molar-refractivity contribution in [1.29, 1.82) is 5.26 Å². The Balaban J connectivity index is 1.05. The van der Waals surface area contributed by atoms with E-state index in [0.717, 1.165) is 57.5 Å². The molecule has 0 spiro atoms. The molecule has 4 aliphatic rings. The summed E-state index contributed by atoms with van der Waals surface area (Å²) in [5, 5.41) is 8.94. The fourth-order valence-electron chi connectivity index (χ4n) is 6.74. The number of benzene rings is 2. The van der Waals surface area contributed by atoms with Crippen molar-refractivity contribution in [3.63, 3.8) is 0 Å². The van der Waals surface area contributed by atoms with Crippen molar-refractivity contribution < 1.29 is 14.0 Å². The highest BCUT2D eigenvalue weighted by atomic mass is 19.1. The Morgan fingerprint density at radius 2 is 1.41 bits per heavy atom. The molecule has 2 unspecified atom stereocenters. The van der Waals surface area contributed by atoms with E-state index in [1.165, 1.54) is 11.0 Å². The topological polar surface area (TPSA) is 67.7 Å². The Bertz CT molecular complexity index is 1150. The minimum absolute atomic E-state index is 0.0199. The summed E-state index contributed by atoms with van der Waals surface area (Å²) in [6.45, 7) is 3.56. The van der Waals surface area contributed by atoms with Crippen LogP contribution in [0.3, 0.4) is 0 Å². The zero-order valence-electron chi connectivity index (χ0n) is 19.0. The van der Waals surface area contributed by atoms with Crippen molar-refractivity contribution >= 4 is 17.5 Å². The Kier molecular flexibility index (Phi) is 5.14. The number of carbonyl (C=O) groups is 2. The maximum absolute atomic E-state index is 14.0. The van der Waals surface area contributed by atoms with Crippen LogP contribution in [0.1, 0.15) is 52.0 Å². The third kappa shape index (κ3) is 3.40. The molecule has 3 fully saturated rings. The van der Waals surface area contributed by atoms with E-state index in [2.05, 4.69) is 9.80 Å². The summed E-state index contributed by atoms with van der Waals surface area (Å²) in [5.74, 6) is 0.406. The molecule has 174 valence electrons. The monoisotopic (exact) mass is 458 g/mol. The summed E-state index contributed by atoms with van der Waals surface area (Å²) in [6, 6.07) is 14.4. The van der Waals surface area contributed by atoms with Crippen molar-refractivity contribution in [3.05, 3.63) is 65.0 Å². The second-order valence-corrected chi connectivity index (χ2v) is 10.1. The maximum atomic E-state index is 14.0. The molecule has 34 heavy (non-hydrogen) atoms. The van der Waals surface area contributed by atoms with Crippen LogP contribution in [-0.4, -0.2) is 59.9 Å². The first kappa shape index (κ1) is 21.3. The van der Waals surface area contributed by atoms with E-state index in [1.807, 2.05) is 24.3 Å². The Labute approximate surface area is 198 Å². The van der Waals surface area contributed by atoms with Crippen LogP contribution in [0.2, 0.25) is 0 Å². The van der Waals surface area contributed by atoms with E-state index in [1.54, 1.807) is 18.2 Å². The van der Waals surface area contributed by atoms with Gasteiger partial charge in [0, 0.05) is 44.0 Å². The number of fused-ring (bicyclic) bond motifs is 2. The Hall–Kier alpha value is -3.24. The molecule has 0 bridgehead atoms. The van der Waals surface area contributed by atoms with Gasteiger partial charge in [0.1, 0.15) is 11.9 Å². The summed E-state index contributed by atoms with van der Waals surface area (Å²) in [7, 11) is 0. The second-order valence-electron chi connectivity index (χ2n) is 10.1. The molecule has 2 aliphatic heterocycles. The van der Waals surface area contributed by atoms with Crippen LogP contribution >= 0.6 is 0 Å². The molecule has 2 heterocycles. The second kappa shape index (κ2) is 8.21. The van der Waals surface area contributed by atoms with E-state index in [0.29, 0.717) is 29.0 Å². The summed E-state index contributed by atoms with van der Waals surface area (Å²) >= 11 is 0. The Morgan fingerprint density at radius 1 is 0.824 bits per heavy atom. The fourth-order valence-corrected chi connectivity index (χ4v) is 6.74. The first-order valence-corrected chi connectivity index (χ1v) is 12.2. The lowest BCUT2D eigenvalue weighted by atomic mass is 10.0. The predicted octanol–water partition coefficient (Wildman–Crippen LogP) is 3.67. The molecule has 0 N–H and O–H groups in total. The predicted molar refractivity (Wildman–Crippen MR) is 125 cm³/mol. The van der Waals surface area contributed by atoms with E-state index in [9.17, 15) is 14.0 Å². The first-order valence-electron chi connectivity index (χ1n) is 12.2. The third-order valence-corrected chi connectivity index (χ3v) is 8.43. The SMILES string of the molecule is N#Cc1ccc(N2CCN(C3CC4CC(N5C(=O)c6ccccc6C5=O)CC4C3)CC2)cc1F. The fraction of sp³-hybridized carbons (Fsp3) is 0.444. The van der Waals surface area contributed by atoms with Crippen LogP contribution < -0.4 is 4.90 Å². The lowest BCUT2D eigenvalue weighted by Crippen LogP contribution is -2.50. The number of halogens is 1. The van der Waals surface area contributed by atoms with E-state index in [4.69, 9.17) is 5.26 Å². The van der Waals surface area contributed by atoms with Gasteiger partial charge in [0.25, 0.3) is 11.8 Å². The van der Waals surface area contributed by atoms with Gasteiger partial charge in [0.05, 0.1) is 16.7 Å². The number of nitriles is 1. The van der Waals surface area contributed by atoms with Gasteiger partial charge in [0.15, 0.2) is 0 Å². The molecule has 0 radical (unpaired) electrons. The van der Waals surface area contributed by atoms with E-state index >= 15 is 0 Å². The largest absolute Gasteiger partial charge is 0.369 e. The van der Waals surface area contributed by atoms with Crippen LogP contribution in [0.4, 0.5) is 10.1 Å². The normalized spacial score (nSPS) is 28.8. The van der Waals surface area contributed by atoms with Gasteiger partial charge < -0.3 is 4.90 Å². The van der Waals surface area contributed by atoms with Crippen molar-refractivity contribution in [1.82, 2.24) is 9.80 Å². The Morgan fingerprint density at radius 3 is 1.97 bits per heavy atom. The molecule has 6 rings (SSSR count). The zero-order chi connectivity index (χ0) is 23.4. The van der Waals surface area contributed by atoms with Gasteiger partial charge in [-0.2, -0.15) is 5.26 Å². The molecular formula is C27H27FN4O2. The summed E-state index contributed by atoms with van der Waals surface area (Å²) < 4.78 is 14.0. The smallest absolute Gasteiger partial charge is 0.261 e. The number of hydrogen-bond acceptors (Lipinski definition) is 5. The molecule has 6 nitrogen and oxygen atoms in total. The van der Waals surface area contributed by atoms with E-state index in [-0.39, 0.29) is 23.4 Å². The minimum Gasteiger partial charge on any atom is -0.369 e. The molecular weight excluding hydrogens is 431 g/mol. The van der Waals surface area contributed by atoms with Crippen molar-refractivity contribution in [3.8, 4) is 6.07 Å². The van der Waals surface area contributed by atoms with Gasteiger partial charge in [-0.1, -0.05) is 12.1 Å². The third-order valence-electron chi connectivity index (χ3n) is 8.43. The van der Waals surface area contributed by atoms with Crippen molar-refractivity contribution in [2.75, 3.05) is 31.1 Å². The standard InChI is InChI=1S/C27H27FN4O2/c28-25-15-20(6-5-17(25)16-29)30-7-9-31(10-8-30)21-11-18-13-22(14-19(18)12-21)32-26(33)23-3-1-2-4-24(23)27(32)34/h1-6,15,18-19,21-22H,7-14H2. The summed E-state index contributed by atoms with van der Waals surface area (Å²) in [6.07, 6.45) is 4.07. The molecule has 2 atom stereocenters. The number of hydrogen-bond donors (Lipinski definition) is 0. The molecule has 2 aromatic carbocycles. The van der Waals surface area contributed by atoms with Gasteiger partial charge >= 0.3 is 0 Å². The number of piperazine rings is 1. The van der Waals surface area contributed by atoms with Gasteiger partial charge in [-0.15, -0.1) is 0 Å². The molecule has 2 aliphatic carbocycles. The lowest BCUT2D eigenvalue weighted by molar-refractivity contribution is 0.0577. The van der Waals surface area contributed by atoms with Gasteiger partial charge in [-0.05, 0) is 67.9 Å². The first-order chi connectivity index (χ1) is 16.5. The maximum Gasteiger partial charge on any atom is 0.261 e. The molecule has 2 aromatic rings. The number of rotatable bonds is 3. The quantitative estimate of drug-likeness (QED) is 0.657. The lowest BCUT2D eigenvalue weighted by Gasteiger charge is -2.39. The summed E-state index contributed by atoms with van der Waals surface area (Å²) in [5.41, 5.74) is 2.01. The number of amides is 2. The van der Waals surface area contributed by atoms with Gasteiger partial charge in [-0.25, -0.2) is 4.39 Å². The van der Waals surface area contributed by atoms with Crippen molar-refractivity contribution in [2.24, 2.45) is 11.8 Å². The average molecular weight is 459 g/mol. The van der Waals surface area contributed by atoms with Crippen LogP contribution in [0.15, 0.2) is 42.5 Å². The molecule has 1 saturated heterocycles. The minimum atomic E-state index is -0.460. The van der Waals surface area contributed by atoms with Crippen LogP contribution in [-0.2, 0) is 0 Å². The molecule has 0 aromatic heterocycles. The molecule has 2 amide bonds. The van der Waals surface area contributed by atoms with E-state index < -0.39 is 5.82 Å². The zero-order valence-corrected chi connectivity index (χ0v) is 19.0. The van der Waals surface area contributed by atoms with Crippen molar-refractivity contribution in [2.45, 2.75) is 37.8 Å². The average Bonchev–Trinajstić information content (AvgIpc) is 3.50. The molecule has 7 heteroatoms.